The van der Waals surface area contributed by atoms with Crippen molar-refractivity contribution in [2.24, 2.45) is 17.0 Å². The molecule has 1 aliphatic rings. The second-order valence-corrected chi connectivity index (χ2v) is 7.19. The van der Waals surface area contributed by atoms with Gasteiger partial charge < -0.3 is 5.32 Å². The second-order valence-electron chi connectivity index (χ2n) is 5.63. The highest BCUT2D eigenvalue weighted by molar-refractivity contribution is 7.89. The average molecular weight is 282 g/mol. The van der Waals surface area contributed by atoms with Crippen molar-refractivity contribution < 1.29 is 8.42 Å². The SMILES string of the molecule is CC1CCCC(C)C1Nc1cccc(S(N)(=O)=O)c1. The van der Waals surface area contributed by atoms with E-state index in [0.29, 0.717) is 17.9 Å². The molecular formula is C14H22N2O2S. The van der Waals surface area contributed by atoms with Crippen LogP contribution < -0.4 is 10.5 Å². The Balaban J connectivity index is 2.19. The van der Waals surface area contributed by atoms with Crippen LogP contribution in [0.25, 0.3) is 0 Å². The van der Waals surface area contributed by atoms with Gasteiger partial charge in [0.25, 0.3) is 0 Å². The lowest BCUT2D eigenvalue weighted by Gasteiger charge is -2.36. The summed E-state index contributed by atoms with van der Waals surface area (Å²) in [5.41, 5.74) is 0.831. The summed E-state index contributed by atoms with van der Waals surface area (Å²) >= 11 is 0. The van der Waals surface area contributed by atoms with Crippen LogP contribution in [0.4, 0.5) is 5.69 Å². The molecule has 106 valence electrons. The van der Waals surface area contributed by atoms with Gasteiger partial charge in [-0.3, -0.25) is 0 Å². The van der Waals surface area contributed by atoms with Crippen LogP contribution in [0.2, 0.25) is 0 Å². The van der Waals surface area contributed by atoms with Gasteiger partial charge in [-0.25, -0.2) is 13.6 Å². The van der Waals surface area contributed by atoms with E-state index in [-0.39, 0.29) is 4.90 Å². The largest absolute Gasteiger partial charge is 0.382 e. The van der Waals surface area contributed by atoms with E-state index in [0.717, 1.165) is 5.69 Å². The van der Waals surface area contributed by atoms with E-state index in [9.17, 15) is 8.42 Å². The van der Waals surface area contributed by atoms with Gasteiger partial charge in [-0.15, -0.1) is 0 Å². The lowest BCUT2D eigenvalue weighted by atomic mass is 9.78. The van der Waals surface area contributed by atoms with E-state index in [2.05, 4.69) is 19.2 Å². The molecular weight excluding hydrogens is 260 g/mol. The number of primary sulfonamides is 1. The molecule has 1 aliphatic carbocycles. The van der Waals surface area contributed by atoms with E-state index >= 15 is 0 Å². The van der Waals surface area contributed by atoms with Crippen molar-refractivity contribution in [3.63, 3.8) is 0 Å². The van der Waals surface area contributed by atoms with E-state index in [1.807, 2.05) is 6.07 Å². The summed E-state index contributed by atoms with van der Waals surface area (Å²) < 4.78 is 22.7. The summed E-state index contributed by atoms with van der Waals surface area (Å²) in [6.07, 6.45) is 3.71. The zero-order valence-electron chi connectivity index (χ0n) is 11.5. The third kappa shape index (κ3) is 3.48. The number of nitrogens with two attached hydrogens (primary N) is 1. The number of nitrogens with one attached hydrogen (secondary N) is 1. The molecule has 0 bridgehead atoms. The maximum atomic E-state index is 11.4. The molecule has 1 fully saturated rings. The van der Waals surface area contributed by atoms with Crippen molar-refractivity contribution in [1.82, 2.24) is 0 Å². The van der Waals surface area contributed by atoms with Crippen molar-refractivity contribution in [1.29, 1.82) is 0 Å². The fraction of sp³-hybridized carbons (Fsp3) is 0.571. The van der Waals surface area contributed by atoms with Crippen LogP contribution in [-0.4, -0.2) is 14.5 Å². The summed E-state index contributed by atoms with van der Waals surface area (Å²) in [6, 6.07) is 7.14. The maximum absolute atomic E-state index is 11.4. The van der Waals surface area contributed by atoms with Gasteiger partial charge in [-0.1, -0.05) is 26.3 Å². The number of rotatable bonds is 3. The molecule has 1 aromatic carbocycles. The third-order valence-electron chi connectivity index (χ3n) is 4.04. The van der Waals surface area contributed by atoms with E-state index in [1.165, 1.54) is 25.3 Å². The third-order valence-corrected chi connectivity index (χ3v) is 4.95. The fourth-order valence-corrected chi connectivity index (χ4v) is 3.48. The molecule has 2 rings (SSSR count). The van der Waals surface area contributed by atoms with Crippen molar-refractivity contribution in [3.05, 3.63) is 24.3 Å². The Hall–Kier alpha value is -1.07. The molecule has 4 nitrogen and oxygen atoms in total. The Labute approximate surface area is 115 Å². The Morgan fingerprint density at radius 2 is 1.84 bits per heavy atom. The molecule has 0 saturated heterocycles. The fourth-order valence-electron chi connectivity index (χ4n) is 2.92. The molecule has 1 aromatic rings. The van der Waals surface area contributed by atoms with Crippen LogP contribution in [0.3, 0.4) is 0 Å². The van der Waals surface area contributed by atoms with Crippen molar-refractivity contribution in [2.75, 3.05) is 5.32 Å². The van der Waals surface area contributed by atoms with Crippen molar-refractivity contribution in [2.45, 2.75) is 44.0 Å². The highest BCUT2D eigenvalue weighted by atomic mass is 32.2. The molecule has 19 heavy (non-hydrogen) atoms. The number of sulfonamides is 1. The lowest BCUT2D eigenvalue weighted by Crippen LogP contribution is -2.37. The topological polar surface area (TPSA) is 72.2 Å². The van der Waals surface area contributed by atoms with E-state index in [1.54, 1.807) is 12.1 Å². The highest BCUT2D eigenvalue weighted by Gasteiger charge is 2.27. The zero-order chi connectivity index (χ0) is 14.0. The summed E-state index contributed by atoms with van der Waals surface area (Å²) in [4.78, 5) is 0.161. The molecule has 0 aliphatic heterocycles. The van der Waals surface area contributed by atoms with Crippen molar-refractivity contribution >= 4 is 15.7 Å². The number of anilines is 1. The van der Waals surface area contributed by atoms with Crippen LogP contribution >= 0.6 is 0 Å². The van der Waals surface area contributed by atoms with Crippen LogP contribution in [0, 0.1) is 11.8 Å². The molecule has 0 heterocycles. The van der Waals surface area contributed by atoms with Gasteiger partial charge in [0.2, 0.25) is 10.0 Å². The normalized spacial score (nSPS) is 28.1. The Morgan fingerprint density at radius 1 is 1.21 bits per heavy atom. The van der Waals surface area contributed by atoms with Gasteiger partial charge >= 0.3 is 0 Å². The van der Waals surface area contributed by atoms with Gasteiger partial charge in [0.15, 0.2) is 0 Å². The van der Waals surface area contributed by atoms with Crippen LogP contribution in [0.15, 0.2) is 29.2 Å². The van der Waals surface area contributed by atoms with Crippen LogP contribution in [0.1, 0.15) is 33.1 Å². The molecule has 0 radical (unpaired) electrons. The summed E-state index contributed by atoms with van der Waals surface area (Å²) in [6.45, 7) is 4.49. The standard InChI is InChI=1S/C14H22N2O2S/c1-10-5-3-6-11(2)14(10)16-12-7-4-8-13(9-12)19(15,17)18/h4,7-11,14,16H,3,5-6H2,1-2H3,(H2,15,17,18). The number of hydrogen-bond donors (Lipinski definition) is 2. The van der Waals surface area contributed by atoms with Gasteiger partial charge in [0.05, 0.1) is 4.90 Å². The quantitative estimate of drug-likeness (QED) is 0.895. The predicted octanol–water partition coefficient (Wildman–Crippen LogP) is 2.57. The molecule has 0 aromatic heterocycles. The van der Waals surface area contributed by atoms with Crippen molar-refractivity contribution in [3.8, 4) is 0 Å². The second kappa shape index (κ2) is 5.51. The molecule has 3 N–H and O–H groups in total. The van der Waals surface area contributed by atoms with E-state index < -0.39 is 10.0 Å². The van der Waals surface area contributed by atoms with Crippen LogP contribution in [0.5, 0.6) is 0 Å². The molecule has 2 unspecified atom stereocenters. The monoisotopic (exact) mass is 282 g/mol. The lowest BCUT2D eigenvalue weighted by molar-refractivity contribution is 0.268. The Kier molecular flexibility index (Phi) is 4.16. The predicted molar refractivity (Wildman–Crippen MR) is 77.4 cm³/mol. The molecule has 0 spiro atoms. The zero-order valence-corrected chi connectivity index (χ0v) is 12.3. The number of benzene rings is 1. The smallest absolute Gasteiger partial charge is 0.238 e. The minimum Gasteiger partial charge on any atom is -0.382 e. The van der Waals surface area contributed by atoms with E-state index in [4.69, 9.17) is 5.14 Å². The Morgan fingerprint density at radius 3 is 2.42 bits per heavy atom. The summed E-state index contributed by atoms with van der Waals surface area (Å²) in [5, 5.41) is 8.63. The summed E-state index contributed by atoms with van der Waals surface area (Å²) in [5.74, 6) is 1.20. The van der Waals surface area contributed by atoms with Gasteiger partial charge in [-0.05, 0) is 42.9 Å². The molecule has 2 atom stereocenters. The van der Waals surface area contributed by atoms with Crippen LogP contribution in [-0.2, 0) is 10.0 Å². The first-order valence-corrected chi connectivity index (χ1v) is 8.32. The molecule has 0 amide bonds. The first kappa shape index (κ1) is 14.3. The summed E-state index contributed by atoms with van der Waals surface area (Å²) in [7, 11) is -3.63. The Bertz CT molecular complexity index is 532. The minimum atomic E-state index is -3.63. The van der Waals surface area contributed by atoms with Gasteiger partial charge in [-0.2, -0.15) is 0 Å². The average Bonchev–Trinajstić information content (AvgIpc) is 2.33. The minimum absolute atomic E-state index is 0.161. The van der Waals surface area contributed by atoms with Gasteiger partial charge in [0, 0.05) is 11.7 Å². The van der Waals surface area contributed by atoms with Gasteiger partial charge in [0.1, 0.15) is 0 Å². The number of hydrogen-bond acceptors (Lipinski definition) is 3. The molecule has 1 saturated carbocycles. The maximum Gasteiger partial charge on any atom is 0.238 e. The first-order valence-electron chi connectivity index (χ1n) is 6.77. The highest BCUT2D eigenvalue weighted by Crippen LogP contribution is 2.31. The molecule has 5 heteroatoms. The first-order chi connectivity index (χ1) is 8.88.